The number of hydrogen-bond donors (Lipinski definition) is 1. The van der Waals surface area contributed by atoms with Gasteiger partial charge >= 0.3 is 0 Å². The standard InChI is InChI=1S/C17H12ClIN2O3S2/c18-12-3-7-14(8-4-12)26(23,24)10-16(22)21-17-20-15(9-25-17)11-1-5-13(19)6-2-11/h1-9H,10H2,(H,20,21,22). The Morgan fingerprint density at radius 3 is 2.42 bits per heavy atom. The third-order valence-electron chi connectivity index (χ3n) is 3.38. The maximum atomic E-state index is 12.3. The van der Waals surface area contributed by atoms with E-state index in [9.17, 15) is 13.2 Å². The summed E-state index contributed by atoms with van der Waals surface area (Å²) in [4.78, 5) is 16.5. The van der Waals surface area contributed by atoms with E-state index in [2.05, 4.69) is 32.9 Å². The van der Waals surface area contributed by atoms with E-state index in [1.165, 1.54) is 35.6 Å². The first-order valence-corrected chi connectivity index (χ1v) is 11.3. The number of halogens is 2. The Hall–Kier alpha value is -1.49. The van der Waals surface area contributed by atoms with Crippen molar-refractivity contribution < 1.29 is 13.2 Å². The lowest BCUT2D eigenvalue weighted by atomic mass is 10.2. The van der Waals surface area contributed by atoms with Gasteiger partial charge in [-0.2, -0.15) is 0 Å². The smallest absolute Gasteiger partial charge is 0.241 e. The first-order chi connectivity index (χ1) is 12.3. The third kappa shape index (κ3) is 4.81. The molecule has 0 unspecified atom stereocenters. The fourth-order valence-electron chi connectivity index (χ4n) is 2.14. The van der Waals surface area contributed by atoms with Crippen LogP contribution in [0.4, 0.5) is 5.13 Å². The lowest BCUT2D eigenvalue weighted by molar-refractivity contribution is -0.113. The number of amides is 1. The molecule has 3 rings (SSSR count). The summed E-state index contributed by atoms with van der Waals surface area (Å²) in [7, 11) is -3.74. The molecule has 1 heterocycles. The van der Waals surface area contributed by atoms with Gasteiger partial charge in [0.2, 0.25) is 5.91 Å². The largest absolute Gasteiger partial charge is 0.301 e. The Morgan fingerprint density at radius 2 is 1.77 bits per heavy atom. The third-order valence-corrected chi connectivity index (χ3v) is 6.75. The molecule has 26 heavy (non-hydrogen) atoms. The van der Waals surface area contributed by atoms with Gasteiger partial charge in [-0.15, -0.1) is 11.3 Å². The first kappa shape index (κ1) is 19.3. The average molecular weight is 519 g/mol. The lowest BCUT2D eigenvalue weighted by Crippen LogP contribution is -2.22. The molecule has 0 bridgehead atoms. The SMILES string of the molecule is O=C(CS(=O)(=O)c1ccc(Cl)cc1)Nc1nc(-c2ccc(I)cc2)cs1. The van der Waals surface area contributed by atoms with Crippen molar-refractivity contribution in [3.8, 4) is 11.3 Å². The van der Waals surface area contributed by atoms with Crippen LogP contribution in [0.15, 0.2) is 58.8 Å². The summed E-state index contributed by atoms with van der Waals surface area (Å²) < 4.78 is 25.7. The van der Waals surface area contributed by atoms with Crippen molar-refractivity contribution in [2.75, 3.05) is 11.1 Å². The summed E-state index contributed by atoms with van der Waals surface area (Å²) >= 11 is 9.22. The second-order valence-electron chi connectivity index (χ2n) is 5.31. The number of nitrogens with zero attached hydrogens (tertiary/aromatic N) is 1. The number of hydrogen-bond acceptors (Lipinski definition) is 5. The zero-order chi connectivity index (χ0) is 18.7. The summed E-state index contributed by atoms with van der Waals surface area (Å²) in [6.45, 7) is 0. The Labute approximate surface area is 173 Å². The number of aromatic nitrogens is 1. The normalized spacial score (nSPS) is 11.3. The van der Waals surface area contributed by atoms with E-state index in [1.807, 2.05) is 29.6 Å². The minimum absolute atomic E-state index is 0.0516. The molecule has 0 fully saturated rings. The summed E-state index contributed by atoms with van der Waals surface area (Å²) in [5, 5.41) is 5.14. The Balaban J connectivity index is 1.68. The van der Waals surface area contributed by atoms with Crippen LogP contribution in [0.3, 0.4) is 0 Å². The molecule has 134 valence electrons. The van der Waals surface area contributed by atoms with Crippen molar-refractivity contribution in [2.24, 2.45) is 0 Å². The zero-order valence-corrected chi connectivity index (χ0v) is 17.7. The van der Waals surface area contributed by atoms with E-state index in [0.717, 1.165) is 14.8 Å². The van der Waals surface area contributed by atoms with Crippen LogP contribution in [-0.4, -0.2) is 25.1 Å². The van der Waals surface area contributed by atoms with Crippen LogP contribution in [-0.2, 0) is 14.6 Å². The van der Waals surface area contributed by atoms with E-state index in [0.29, 0.717) is 10.2 Å². The van der Waals surface area contributed by atoms with Crippen molar-refractivity contribution in [2.45, 2.75) is 4.90 Å². The molecule has 1 amide bonds. The van der Waals surface area contributed by atoms with Gasteiger partial charge in [0, 0.05) is 19.5 Å². The van der Waals surface area contributed by atoms with Gasteiger partial charge in [-0.3, -0.25) is 4.79 Å². The minimum atomic E-state index is -3.74. The van der Waals surface area contributed by atoms with Crippen molar-refractivity contribution in [3.05, 3.63) is 62.5 Å². The van der Waals surface area contributed by atoms with Crippen LogP contribution in [0, 0.1) is 3.57 Å². The van der Waals surface area contributed by atoms with Crippen molar-refractivity contribution in [1.29, 1.82) is 0 Å². The molecule has 0 aliphatic rings. The molecule has 5 nitrogen and oxygen atoms in total. The predicted molar refractivity (Wildman–Crippen MR) is 112 cm³/mol. The Morgan fingerprint density at radius 1 is 1.12 bits per heavy atom. The van der Waals surface area contributed by atoms with E-state index in [4.69, 9.17) is 11.6 Å². The van der Waals surface area contributed by atoms with Crippen LogP contribution < -0.4 is 5.32 Å². The molecule has 0 radical (unpaired) electrons. The summed E-state index contributed by atoms with van der Waals surface area (Å²) in [5.74, 6) is -1.30. The van der Waals surface area contributed by atoms with Gasteiger partial charge in [-0.05, 0) is 59.0 Å². The Bertz CT molecular complexity index is 1030. The number of thiazole rings is 1. The number of anilines is 1. The first-order valence-electron chi connectivity index (χ1n) is 7.33. The van der Waals surface area contributed by atoms with Gasteiger partial charge in [0.05, 0.1) is 10.6 Å². The molecule has 2 aromatic carbocycles. The van der Waals surface area contributed by atoms with Crippen LogP contribution in [0.5, 0.6) is 0 Å². The molecular formula is C17H12ClIN2O3S2. The molecule has 3 aromatic rings. The number of nitrogens with one attached hydrogen (secondary N) is 1. The van der Waals surface area contributed by atoms with Gasteiger partial charge in [0.25, 0.3) is 0 Å². The van der Waals surface area contributed by atoms with Crippen LogP contribution >= 0.6 is 45.5 Å². The fraction of sp³-hybridized carbons (Fsp3) is 0.0588. The average Bonchev–Trinajstić information content (AvgIpc) is 3.03. The predicted octanol–water partition coefficient (Wildman–Crippen LogP) is 4.48. The molecule has 1 aromatic heterocycles. The van der Waals surface area contributed by atoms with Crippen molar-refractivity contribution in [1.82, 2.24) is 4.98 Å². The number of carbonyl (C=O) groups excluding carboxylic acids is 1. The summed E-state index contributed by atoms with van der Waals surface area (Å²) in [6, 6.07) is 13.5. The number of sulfone groups is 1. The highest BCUT2D eigenvalue weighted by atomic mass is 127. The fourth-order valence-corrected chi connectivity index (χ4v) is 4.49. The van der Waals surface area contributed by atoms with Gasteiger partial charge < -0.3 is 5.32 Å². The van der Waals surface area contributed by atoms with E-state index < -0.39 is 21.5 Å². The maximum absolute atomic E-state index is 12.3. The number of benzene rings is 2. The van der Waals surface area contributed by atoms with Crippen LogP contribution in [0.1, 0.15) is 0 Å². The molecule has 0 aliphatic carbocycles. The van der Waals surface area contributed by atoms with E-state index in [-0.39, 0.29) is 4.90 Å². The molecule has 9 heteroatoms. The molecule has 1 N–H and O–H groups in total. The van der Waals surface area contributed by atoms with E-state index in [1.54, 1.807) is 0 Å². The topological polar surface area (TPSA) is 76.1 Å². The van der Waals surface area contributed by atoms with Crippen molar-refractivity contribution >= 4 is 66.4 Å². The van der Waals surface area contributed by atoms with Gasteiger partial charge in [-0.25, -0.2) is 13.4 Å². The zero-order valence-electron chi connectivity index (χ0n) is 13.1. The lowest BCUT2D eigenvalue weighted by Gasteiger charge is -2.04. The van der Waals surface area contributed by atoms with E-state index >= 15 is 0 Å². The molecule has 0 saturated heterocycles. The molecule has 0 spiro atoms. The molecule has 0 aliphatic heterocycles. The highest BCUT2D eigenvalue weighted by molar-refractivity contribution is 14.1. The summed E-state index contributed by atoms with van der Waals surface area (Å²) in [6.07, 6.45) is 0. The minimum Gasteiger partial charge on any atom is -0.301 e. The quantitative estimate of drug-likeness (QED) is 0.505. The number of rotatable bonds is 5. The van der Waals surface area contributed by atoms with Crippen LogP contribution in [0.2, 0.25) is 5.02 Å². The molecule has 0 saturated carbocycles. The maximum Gasteiger partial charge on any atom is 0.241 e. The van der Waals surface area contributed by atoms with Gasteiger partial charge in [0.1, 0.15) is 5.75 Å². The second kappa shape index (κ2) is 8.03. The van der Waals surface area contributed by atoms with Crippen molar-refractivity contribution in [3.63, 3.8) is 0 Å². The highest BCUT2D eigenvalue weighted by Gasteiger charge is 2.20. The number of carbonyl (C=O) groups is 1. The highest BCUT2D eigenvalue weighted by Crippen LogP contribution is 2.25. The summed E-state index contributed by atoms with van der Waals surface area (Å²) in [5.41, 5.74) is 1.65. The van der Waals surface area contributed by atoms with Gasteiger partial charge in [0.15, 0.2) is 15.0 Å². The second-order valence-corrected chi connectivity index (χ2v) is 9.84. The van der Waals surface area contributed by atoms with Crippen LogP contribution in [0.25, 0.3) is 11.3 Å². The monoisotopic (exact) mass is 518 g/mol. The Kier molecular flexibility index (Phi) is 5.96. The van der Waals surface area contributed by atoms with Gasteiger partial charge in [-0.1, -0.05) is 23.7 Å². The molecule has 0 atom stereocenters. The molecular weight excluding hydrogens is 507 g/mol.